The van der Waals surface area contributed by atoms with Gasteiger partial charge in [0.1, 0.15) is 5.82 Å². The lowest BCUT2D eigenvalue weighted by Gasteiger charge is -2.35. The number of carbonyl (C=O) groups excluding carboxylic acids is 1. The highest BCUT2D eigenvalue weighted by Gasteiger charge is 2.44. The first-order valence-electron chi connectivity index (χ1n) is 8.81. The normalized spacial score (nSPS) is 18.0. The minimum absolute atomic E-state index is 0.127. The van der Waals surface area contributed by atoms with E-state index in [0.717, 1.165) is 23.2 Å². The lowest BCUT2D eigenvalue weighted by molar-refractivity contribution is 0.102. The van der Waals surface area contributed by atoms with Crippen LogP contribution in [0.5, 0.6) is 0 Å². The lowest BCUT2D eigenvalue weighted by Crippen LogP contribution is -2.35. The maximum atomic E-state index is 12.9. The Morgan fingerprint density at radius 1 is 1.19 bits per heavy atom. The molecular formula is C19H20BrClN4O. The van der Waals surface area contributed by atoms with Crippen molar-refractivity contribution in [1.82, 2.24) is 9.97 Å². The van der Waals surface area contributed by atoms with Crippen LogP contribution in [0.2, 0.25) is 5.28 Å². The van der Waals surface area contributed by atoms with Gasteiger partial charge in [0.05, 0.1) is 11.3 Å². The molecule has 1 spiro atoms. The van der Waals surface area contributed by atoms with Gasteiger partial charge in [0.25, 0.3) is 5.91 Å². The van der Waals surface area contributed by atoms with Gasteiger partial charge >= 0.3 is 0 Å². The number of hydrogen-bond donors (Lipinski definition) is 1. The second-order valence-electron chi connectivity index (χ2n) is 7.27. The van der Waals surface area contributed by atoms with Crippen molar-refractivity contribution in [3.05, 3.63) is 45.3 Å². The summed E-state index contributed by atoms with van der Waals surface area (Å²) >= 11 is 9.43. The molecule has 1 aliphatic heterocycles. The van der Waals surface area contributed by atoms with Gasteiger partial charge in [-0.1, -0.05) is 15.9 Å². The smallest absolute Gasteiger partial charge is 0.258 e. The number of aromatic nitrogens is 2. The molecule has 0 radical (unpaired) electrons. The zero-order chi connectivity index (χ0) is 18.3. The van der Waals surface area contributed by atoms with E-state index in [-0.39, 0.29) is 11.2 Å². The molecule has 1 aromatic carbocycles. The molecule has 2 aromatic rings. The summed E-state index contributed by atoms with van der Waals surface area (Å²) in [4.78, 5) is 23.3. The first-order valence-corrected chi connectivity index (χ1v) is 9.98. The molecule has 1 saturated heterocycles. The highest BCUT2D eigenvalue weighted by atomic mass is 79.9. The molecule has 1 amide bonds. The molecule has 0 bridgehead atoms. The number of aryl methyl sites for hydroxylation is 1. The third kappa shape index (κ3) is 3.71. The number of halogens is 2. The van der Waals surface area contributed by atoms with Gasteiger partial charge < -0.3 is 10.2 Å². The fourth-order valence-corrected chi connectivity index (χ4v) is 4.21. The largest absolute Gasteiger partial charge is 0.371 e. The average molecular weight is 436 g/mol. The number of nitrogens with one attached hydrogen (secondary N) is 1. The van der Waals surface area contributed by atoms with E-state index in [9.17, 15) is 4.79 Å². The lowest BCUT2D eigenvalue weighted by atomic mass is 9.93. The fourth-order valence-electron chi connectivity index (χ4n) is 3.64. The van der Waals surface area contributed by atoms with Crippen LogP contribution in [0.25, 0.3) is 0 Å². The molecule has 4 rings (SSSR count). The molecule has 136 valence electrons. The van der Waals surface area contributed by atoms with Gasteiger partial charge in [-0.25, -0.2) is 9.97 Å². The Balaban J connectivity index is 1.58. The number of amides is 1. The van der Waals surface area contributed by atoms with Crippen molar-refractivity contribution in [2.75, 3.05) is 23.3 Å². The van der Waals surface area contributed by atoms with Crippen LogP contribution < -0.4 is 10.2 Å². The Bertz CT molecular complexity index is 838. The highest BCUT2D eigenvalue weighted by Crippen LogP contribution is 2.54. The monoisotopic (exact) mass is 434 g/mol. The first kappa shape index (κ1) is 17.7. The van der Waals surface area contributed by atoms with E-state index in [1.54, 1.807) is 6.07 Å². The fraction of sp³-hybridized carbons (Fsp3) is 0.421. The second-order valence-corrected chi connectivity index (χ2v) is 8.52. The van der Waals surface area contributed by atoms with Gasteiger partial charge in [0.2, 0.25) is 5.28 Å². The summed E-state index contributed by atoms with van der Waals surface area (Å²) in [6.07, 6.45) is 5.14. The molecule has 1 aliphatic carbocycles. The predicted molar refractivity (Wildman–Crippen MR) is 107 cm³/mol. The zero-order valence-corrected chi connectivity index (χ0v) is 16.9. The van der Waals surface area contributed by atoms with E-state index in [1.165, 1.54) is 25.7 Å². The number of nitrogens with zero attached hydrogens (tertiary/aromatic N) is 3. The summed E-state index contributed by atoms with van der Waals surface area (Å²) in [5.74, 6) is 0.227. The number of piperidine rings is 1. The Morgan fingerprint density at radius 2 is 1.92 bits per heavy atom. The Labute approximate surface area is 166 Å². The minimum atomic E-state index is -0.187. The van der Waals surface area contributed by atoms with Crippen LogP contribution in [0.1, 0.15) is 41.7 Å². The molecule has 0 unspecified atom stereocenters. The van der Waals surface area contributed by atoms with Crippen LogP contribution >= 0.6 is 27.5 Å². The van der Waals surface area contributed by atoms with Crippen LogP contribution in [0.4, 0.5) is 11.5 Å². The van der Waals surface area contributed by atoms with Crippen molar-refractivity contribution >= 4 is 44.9 Å². The first-order chi connectivity index (χ1) is 12.4. The van der Waals surface area contributed by atoms with Crippen molar-refractivity contribution in [1.29, 1.82) is 0 Å². The minimum Gasteiger partial charge on any atom is -0.371 e. The summed E-state index contributed by atoms with van der Waals surface area (Å²) in [7, 11) is 0. The Hall–Kier alpha value is -1.66. The van der Waals surface area contributed by atoms with Gasteiger partial charge in [-0.3, -0.25) is 4.79 Å². The van der Waals surface area contributed by atoms with E-state index in [2.05, 4.69) is 36.1 Å². The van der Waals surface area contributed by atoms with Gasteiger partial charge in [0.15, 0.2) is 0 Å². The molecule has 2 fully saturated rings. The van der Waals surface area contributed by atoms with E-state index >= 15 is 0 Å². The van der Waals surface area contributed by atoms with Crippen molar-refractivity contribution in [3.63, 3.8) is 0 Å². The summed E-state index contributed by atoms with van der Waals surface area (Å²) in [6.45, 7) is 3.81. The molecule has 1 N–H and O–H groups in total. The van der Waals surface area contributed by atoms with Crippen LogP contribution in [-0.4, -0.2) is 29.0 Å². The summed E-state index contributed by atoms with van der Waals surface area (Å²) < 4.78 is 0.969. The topological polar surface area (TPSA) is 58.1 Å². The van der Waals surface area contributed by atoms with Crippen LogP contribution in [0.15, 0.2) is 28.7 Å². The standard InChI is InChI=1S/C19H20BrClN4O/c1-12-10-16(24-18(21)22-12)23-17(26)14-3-2-13(20)11-15(14)25-8-6-19(4-5-19)7-9-25/h2-3,10-11H,4-9H2,1H3,(H,22,23,24,26). The molecule has 0 atom stereocenters. The number of anilines is 2. The van der Waals surface area contributed by atoms with Gasteiger partial charge in [-0.05, 0) is 67.8 Å². The van der Waals surface area contributed by atoms with E-state index in [4.69, 9.17) is 11.6 Å². The molecule has 5 nitrogen and oxygen atoms in total. The van der Waals surface area contributed by atoms with Crippen LogP contribution in [0.3, 0.4) is 0 Å². The van der Waals surface area contributed by atoms with E-state index in [1.807, 2.05) is 25.1 Å². The van der Waals surface area contributed by atoms with E-state index < -0.39 is 0 Å². The third-order valence-corrected chi connectivity index (χ3v) is 6.06. The molecule has 26 heavy (non-hydrogen) atoms. The molecule has 1 saturated carbocycles. The number of carbonyl (C=O) groups is 1. The molecule has 7 heteroatoms. The van der Waals surface area contributed by atoms with Crippen molar-refractivity contribution in [2.24, 2.45) is 5.41 Å². The third-order valence-electron chi connectivity index (χ3n) is 5.39. The summed E-state index contributed by atoms with van der Waals surface area (Å²) in [6, 6.07) is 7.48. The quantitative estimate of drug-likeness (QED) is 0.701. The van der Waals surface area contributed by atoms with Crippen molar-refractivity contribution in [3.8, 4) is 0 Å². The van der Waals surface area contributed by atoms with E-state index in [0.29, 0.717) is 22.5 Å². The number of rotatable bonds is 3. The SMILES string of the molecule is Cc1cc(NC(=O)c2ccc(Br)cc2N2CCC3(CC2)CC3)nc(Cl)n1. The number of benzene rings is 1. The predicted octanol–water partition coefficient (Wildman–Crippen LogP) is 4.83. The number of hydrogen-bond acceptors (Lipinski definition) is 4. The van der Waals surface area contributed by atoms with Gasteiger partial charge in [0, 0.05) is 29.3 Å². The average Bonchev–Trinajstić information content (AvgIpc) is 3.33. The highest BCUT2D eigenvalue weighted by molar-refractivity contribution is 9.10. The summed E-state index contributed by atoms with van der Waals surface area (Å²) in [5.41, 5.74) is 2.92. The maximum absolute atomic E-state index is 12.9. The van der Waals surface area contributed by atoms with Crippen molar-refractivity contribution < 1.29 is 4.79 Å². The zero-order valence-electron chi connectivity index (χ0n) is 14.6. The Morgan fingerprint density at radius 3 is 2.58 bits per heavy atom. The van der Waals surface area contributed by atoms with Crippen molar-refractivity contribution in [2.45, 2.75) is 32.6 Å². The Kier molecular flexibility index (Phi) is 4.65. The van der Waals surface area contributed by atoms with Crippen LogP contribution in [-0.2, 0) is 0 Å². The molecule has 2 heterocycles. The molecular weight excluding hydrogens is 416 g/mol. The summed E-state index contributed by atoms with van der Waals surface area (Å²) in [5, 5.41) is 2.98. The van der Waals surface area contributed by atoms with Gasteiger partial charge in [-0.15, -0.1) is 0 Å². The maximum Gasteiger partial charge on any atom is 0.258 e. The van der Waals surface area contributed by atoms with Crippen LogP contribution in [0, 0.1) is 12.3 Å². The molecule has 2 aliphatic rings. The van der Waals surface area contributed by atoms with Gasteiger partial charge in [-0.2, -0.15) is 0 Å². The second kappa shape index (κ2) is 6.82. The molecule has 1 aromatic heterocycles.